The van der Waals surface area contributed by atoms with E-state index >= 15 is 0 Å². The summed E-state index contributed by atoms with van der Waals surface area (Å²) in [5, 5.41) is 3.43. The smallest absolute Gasteiger partial charge is 0.291 e. The number of carbonyl (C=O) groups is 2. The first-order chi connectivity index (χ1) is 12.5. The molecule has 4 rings (SSSR count). The van der Waals surface area contributed by atoms with Gasteiger partial charge in [-0.2, -0.15) is 0 Å². The van der Waals surface area contributed by atoms with E-state index in [1.165, 1.54) is 23.2 Å². The van der Waals surface area contributed by atoms with Gasteiger partial charge in [-0.05, 0) is 55.7 Å². The monoisotopic (exact) mass is 366 g/mol. The van der Waals surface area contributed by atoms with Crippen LogP contribution < -0.4 is 10.2 Å². The summed E-state index contributed by atoms with van der Waals surface area (Å²) >= 11 is 1.29. The summed E-state index contributed by atoms with van der Waals surface area (Å²) in [6, 6.07) is 13.2. The standard InChI is InChI=1S/C20H18N2O3S/c1-12-10-17(21-19(23)16-8-5-9-25-16)26-18(12)20(24)22-13(2)11-14-6-3-4-7-15(14)22/h3-10,13H,11H2,1-2H3,(H,21,23). The summed E-state index contributed by atoms with van der Waals surface area (Å²) in [5.74, 6) is -0.107. The van der Waals surface area contributed by atoms with Crippen LogP contribution in [0.5, 0.6) is 0 Å². The molecule has 132 valence electrons. The Hall–Kier alpha value is -2.86. The number of carbonyl (C=O) groups excluding carboxylic acids is 2. The lowest BCUT2D eigenvalue weighted by atomic mass is 10.1. The third-order valence-electron chi connectivity index (χ3n) is 4.52. The highest BCUT2D eigenvalue weighted by Crippen LogP contribution is 2.36. The van der Waals surface area contributed by atoms with Crippen molar-refractivity contribution in [2.45, 2.75) is 26.3 Å². The summed E-state index contributed by atoms with van der Waals surface area (Å²) in [6.07, 6.45) is 2.31. The summed E-state index contributed by atoms with van der Waals surface area (Å²) in [7, 11) is 0. The number of para-hydroxylation sites is 1. The molecule has 0 saturated carbocycles. The molecule has 1 aliphatic rings. The molecule has 0 saturated heterocycles. The lowest BCUT2D eigenvalue weighted by Crippen LogP contribution is -2.35. The average molecular weight is 366 g/mol. The van der Waals surface area contributed by atoms with Gasteiger partial charge in [0.05, 0.1) is 16.1 Å². The molecule has 3 aromatic rings. The number of rotatable bonds is 3. The third-order valence-corrected chi connectivity index (χ3v) is 5.66. The number of nitrogens with zero attached hydrogens (tertiary/aromatic N) is 1. The van der Waals surface area contributed by atoms with Crippen LogP contribution in [0.3, 0.4) is 0 Å². The second-order valence-electron chi connectivity index (χ2n) is 6.41. The Labute approximate surface area is 155 Å². The van der Waals surface area contributed by atoms with Crippen LogP contribution >= 0.6 is 11.3 Å². The molecule has 0 spiro atoms. The maximum atomic E-state index is 13.2. The first-order valence-corrected chi connectivity index (χ1v) is 9.23. The molecule has 2 aromatic heterocycles. The minimum absolute atomic E-state index is 0.0246. The Bertz CT molecular complexity index is 975. The van der Waals surface area contributed by atoms with Crippen LogP contribution in [0.2, 0.25) is 0 Å². The van der Waals surface area contributed by atoms with Gasteiger partial charge in [-0.25, -0.2) is 0 Å². The largest absolute Gasteiger partial charge is 0.459 e. The molecular formula is C20H18N2O3S. The highest BCUT2D eigenvalue weighted by molar-refractivity contribution is 7.18. The maximum Gasteiger partial charge on any atom is 0.291 e. The number of hydrogen-bond acceptors (Lipinski definition) is 4. The van der Waals surface area contributed by atoms with Crippen molar-refractivity contribution in [2.24, 2.45) is 0 Å². The van der Waals surface area contributed by atoms with Crippen molar-refractivity contribution in [1.82, 2.24) is 0 Å². The van der Waals surface area contributed by atoms with Crippen molar-refractivity contribution in [3.05, 3.63) is 70.5 Å². The van der Waals surface area contributed by atoms with Crippen molar-refractivity contribution >= 4 is 33.8 Å². The zero-order valence-corrected chi connectivity index (χ0v) is 15.3. The lowest BCUT2D eigenvalue weighted by molar-refractivity contribution is 0.0980. The van der Waals surface area contributed by atoms with E-state index in [-0.39, 0.29) is 23.6 Å². The van der Waals surface area contributed by atoms with Crippen LogP contribution in [0, 0.1) is 6.92 Å². The van der Waals surface area contributed by atoms with Gasteiger partial charge in [-0.15, -0.1) is 11.3 Å². The lowest BCUT2D eigenvalue weighted by Gasteiger charge is -2.22. The van der Waals surface area contributed by atoms with Gasteiger partial charge in [0.2, 0.25) is 0 Å². The number of benzene rings is 1. The van der Waals surface area contributed by atoms with Crippen LogP contribution in [-0.2, 0) is 6.42 Å². The van der Waals surface area contributed by atoms with Crippen molar-refractivity contribution in [3.63, 3.8) is 0 Å². The summed E-state index contributed by atoms with van der Waals surface area (Å²) < 4.78 is 5.10. The van der Waals surface area contributed by atoms with E-state index in [4.69, 9.17) is 4.42 Å². The van der Waals surface area contributed by atoms with E-state index in [1.807, 2.05) is 36.1 Å². The molecule has 1 aliphatic heterocycles. The van der Waals surface area contributed by atoms with E-state index < -0.39 is 0 Å². The quantitative estimate of drug-likeness (QED) is 0.743. The molecule has 1 atom stereocenters. The van der Waals surface area contributed by atoms with Gasteiger partial charge >= 0.3 is 0 Å². The number of hydrogen-bond donors (Lipinski definition) is 1. The Morgan fingerprint density at radius 1 is 1.23 bits per heavy atom. The Morgan fingerprint density at radius 3 is 2.81 bits per heavy atom. The zero-order valence-electron chi connectivity index (χ0n) is 14.5. The van der Waals surface area contributed by atoms with Gasteiger partial charge in [0.25, 0.3) is 11.8 Å². The van der Waals surface area contributed by atoms with Crippen LogP contribution in [-0.4, -0.2) is 17.9 Å². The van der Waals surface area contributed by atoms with Crippen LogP contribution in [0.1, 0.15) is 38.3 Å². The molecule has 3 heterocycles. The fourth-order valence-electron chi connectivity index (χ4n) is 3.32. The van der Waals surface area contributed by atoms with E-state index in [9.17, 15) is 9.59 Å². The first-order valence-electron chi connectivity index (χ1n) is 8.41. The van der Waals surface area contributed by atoms with E-state index in [1.54, 1.807) is 12.1 Å². The van der Waals surface area contributed by atoms with E-state index in [0.29, 0.717) is 9.88 Å². The Balaban J connectivity index is 1.60. The van der Waals surface area contributed by atoms with Gasteiger partial charge in [-0.3, -0.25) is 9.59 Å². The number of nitrogens with one attached hydrogen (secondary N) is 1. The number of anilines is 2. The van der Waals surface area contributed by atoms with Gasteiger partial charge in [0.1, 0.15) is 0 Å². The van der Waals surface area contributed by atoms with Crippen LogP contribution in [0.15, 0.2) is 53.1 Å². The molecule has 0 aliphatic carbocycles. The minimum atomic E-state index is -0.324. The molecule has 1 unspecified atom stereocenters. The van der Waals surface area contributed by atoms with E-state index in [0.717, 1.165) is 17.7 Å². The molecule has 5 nitrogen and oxygen atoms in total. The Morgan fingerprint density at radius 2 is 2.04 bits per heavy atom. The molecule has 0 bridgehead atoms. The molecule has 0 fully saturated rings. The number of fused-ring (bicyclic) bond motifs is 1. The summed E-state index contributed by atoms with van der Waals surface area (Å²) in [6.45, 7) is 3.94. The molecule has 2 amide bonds. The van der Waals surface area contributed by atoms with Crippen LogP contribution in [0.4, 0.5) is 10.7 Å². The van der Waals surface area contributed by atoms with Gasteiger partial charge < -0.3 is 14.6 Å². The van der Waals surface area contributed by atoms with Gasteiger partial charge in [0.15, 0.2) is 5.76 Å². The molecular weight excluding hydrogens is 348 g/mol. The average Bonchev–Trinajstić information content (AvgIpc) is 3.32. The van der Waals surface area contributed by atoms with Gasteiger partial charge in [-0.1, -0.05) is 18.2 Å². The Kier molecular flexibility index (Phi) is 4.12. The fraction of sp³-hybridized carbons (Fsp3) is 0.200. The predicted octanol–water partition coefficient (Wildman–Crippen LogP) is 4.49. The van der Waals surface area contributed by atoms with Crippen molar-refractivity contribution in [3.8, 4) is 0 Å². The molecule has 6 heteroatoms. The SMILES string of the molecule is Cc1cc(NC(=O)c2ccco2)sc1C(=O)N1c2ccccc2CC1C. The predicted molar refractivity (Wildman–Crippen MR) is 102 cm³/mol. The molecule has 0 radical (unpaired) electrons. The highest BCUT2D eigenvalue weighted by Gasteiger charge is 2.32. The molecule has 1 aromatic carbocycles. The summed E-state index contributed by atoms with van der Waals surface area (Å²) in [5.41, 5.74) is 3.01. The van der Waals surface area contributed by atoms with Crippen molar-refractivity contribution < 1.29 is 14.0 Å². The highest BCUT2D eigenvalue weighted by atomic mass is 32.1. The number of furan rings is 1. The van der Waals surface area contributed by atoms with Crippen molar-refractivity contribution in [2.75, 3.05) is 10.2 Å². The number of aryl methyl sites for hydroxylation is 1. The topological polar surface area (TPSA) is 62.6 Å². The maximum absolute atomic E-state index is 13.2. The normalized spacial score (nSPS) is 15.8. The van der Waals surface area contributed by atoms with Crippen molar-refractivity contribution in [1.29, 1.82) is 0 Å². The molecule has 1 N–H and O–H groups in total. The third kappa shape index (κ3) is 2.82. The zero-order chi connectivity index (χ0) is 18.3. The first kappa shape index (κ1) is 16.6. The number of amides is 2. The second-order valence-corrected chi connectivity index (χ2v) is 7.46. The second kappa shape index (κ2) is 6.46. The summed E-state index contributed by atoms with van der Waals surface area (Å²) in [4.78, 5) is 27.8. The molecule has 26 heavy (non-hydrogen) atoms. The minimum Gasteiger partial charge on any atom is -0.459 e. The van der Waals surface area contributed by atoms with Crippen LogP contribution in [0.25, 0.3) is 0 Å². The van der Waals surface area contributed by atoms with E-state index in [2.05, 4.69) is 18.3 Å². The fourth-order valence-corrected chi connectivity index (χ4v) is 4.33. The number of thiophene rings is 1. The van der Waals surface area contributed by atoms with Gasteiger partial charge in [0, 0.05) is 11.7 Å².